The van der Waals surface area contributed by atoms with E-state index in [1.165, 1.54) is 0 Å². The number of para-hydroxylation sites is 2. The van der Waals surface area contributed by atoms with Gasteiger partial charge in [0.25, 0.3) is 5.91 Å². The summed E-state index contributed by atoms with van der Waals surface area (Å²) >= 11 is 1.65. The Balaban J connectivity index is 1.57. The fraction of sp³-hybridized carbons (Fsp3) is 0.400. The molecule has 0 bridgehead atoms. The van der Waals surface area contributed by atoms with E-state index in [9.17, 15) is 9.59 Å². The largest absolute Gasteiger partial charge is 0.354 e. The number of H-pyrrole nitrogens is 1. The van der Waals surface area contributed by atoms with E-state index in [0.29, 0.717) is 24.9 Å². The molecule has 3 aromatic rings. The SMILES string of the molecule is CSCC[C@H](NC(=O)c1ccc(C(C)(C)C)cc1)C(=O)NCCc1nc2ccccc2[nH]1. The number of nitrogens with zero attached hydrogens (tertiary/aromatic N) is 1. The van der Waals surface area contributed by atoms with Gasteiger partial charge in [-0.2, -0.15) is 11.8 Å². The second-order valence-electron chi connectivity index (χ2n) is 8.88. The first-order chi connectivity index (χ1) is 15.3. The summed E-state index contributed by atoms with van der Waals surface area (Å²) < 4.78 is 0. The standard InChI is InChI=1S/C25H32N4O2S/c1-25(2,3)18-11-9-17(10-12-18)23(30)29-21(14-16-32-4)24(31)26-15-13-22-27-19-7-5-6-8-20(19)28-22/h5-12,21H,13-16H2,1-4H3,(H,26,31)(H,27,28)(H,29,30)/t21-/m0/s1. The van der Waals surface area contributed by atoms with Crippen molar-refractivity contribution in [1.82, 2.24) is 20.6 Å². The quantitative estimate of drug-likeness (QED) is 0.457. The molecule has 3 N–H and O–H groups in total. The number of aromatic amines is 1. The first-order valence-electron chi connectivity index (χ1n) is 10.9. The Kier molecular flexibility index (Phi) is 7.96. The molecule has 3 rings (SSSR count). The van der Waals surface area contributed by atoms with Gasteiger partial charge in [0.15, 0.2) is 0 Å². The second kappa shape index (κ2) is 10.7. The molecule has 1 heterocycles. The summed E-state index contributed by atoms with van der Waals surface area (Å²) in [5.74, 6) is 1.21. The summed E-state index contributed by atoms with van der Waals surface area (Å²) in [6.45, 7) is 6.85. The van der Waals surface area contributed by atoms with Crippen LogP contribution in [-0.2, 0) is 16.6 Å². The Hall–Kier alpha value is -2.80. The van der Waals surface area contributed by atoms with Crippen LogP contribution in [-0.4, -0.2) is 46.4 Å². The van der Waals surface area contributed by atoms with Crippen LogP contribution in [0.5, 0.6) is 0 Å². The first-order valence-corrected chi connectivity index (χ1v) is 12.3. The molecule has 0 aliphatic heterocycles. The number of fused-ring (bicyclic) bond motifs is 1. The molecular formula is C25H32N4O2S. The Morgan fingerprint density at radius 1 is 1.09 bits per heavy atom. The van der Waals surface area contributed by atoms with Crippen molar-refractivity contribution in [3.63, 3.8) is 0 Å². The summed E-state index contributed by atoms with van der Waals surface area (Å²) in [6.07, 6.45) is 3.16. The molecule has 0 unspecified atom stereocenters. The van der Waals surface area contributed by atoms with Crippen LogP contribution in [0, 0.1) is 0 Å². The van der Waals surface area contributed by atoms with E-state index in [-0.39, 0.29) is 17.2 Å². The van der Waals surface area contributed by atoms with E-state index < -0.39 is 6.04 Å². The van der Waals surface area contributed by atoms with Crippen LogP contribution in [0.4, 0.5) is 0 Å². The number of imidazole rings is 1. The summed E-state index contributed by atoms with van der Waals surface area (Å²) in [6, 6.07) is 14.8. The van der Waals surface area contributed by atoms with Crippen molar-refractivity contribution in [2.24, 2.45) is 0 Å². The third-order valence-corrected chi connectivity index (χ3v) is 5.99. The molecule has 0 saturated carbocycles. The zero-order valence-electron chi connectivity index (χ0n) is 19.2. The fourth-order valence-electron chi connectivity index (χ4n) is 3.42. The van der Waals surface area contributed by atoms with Gasteiger partial charge >= 0.3 is 0 Å². The van der Waals surface area contributed by atoms with Crippen molar-refractivity contribution in [2.45, 2.75) is 45.1 Å². The van der Waals surface area contributed by atoms with Gasteiger partial charge in [-0.1, -0.05) is 45.0 Å². The third kappa shape index (κ3) is 6.36. The van der Waals surface area contributed by atoms with Crippen molar-refractivity contribution in [3.8, 4) is 0 Å². The van der Waals surface area contributed by atoms with Crippen molar-refractivity contribution < 1.29 is 9.59 Å². The van der Waals surface area contributed by atoms with Gasteiger partial charge < -0.3 is 15.6 Å². The monoisotopic (exact) mass is 452 g/mol. The third-order valence-electron chi connectivity index (χ3n) is 5.35. The zero-order chi connectivity index (χ0) is 23.1. The lowest BCUT2D eigenvalue weighted by molar-refractivity contribution is -0.122. The molecule has 0 aliphatic carbocycles. The molecule has 1 aromatic heterocycles. The molecule has 0 radical (unpaired) electrons. The highest BCUT2D eigenvalue weighted by atomic mass is 32.2. The van der Waals surface area contributed by atoms with Gasteiger partial charge in [-0.3, -0.25) is 9.59 Å². The van der Waals surface area contributed by atoms with Crippen LogP contribution in [0.2, 0.25) is 0 Å². The maximum absolute atomic E-state index is 12.8. The van der Waals surface area contributed by atoms with Crippen LogP contribution in [0.15, 0.2) is 48.5 Å². The van der Waals surface area contributed by atoms with Crippen LogP contribution in [0.25, 0.3) is 11.0 Å². The summed E-state index contributed by atoms with van der Waals surface area (Å²) in [4.78, 5) is 33.4. The number of carbonyl (C=O) groups is 2. The van der Waals surface area contributed by atoms with Crippen LogP contribution in [0.1, 0.15) is 48.9 Å². The Bertz CT molecular complexity index is 1020. The molecule has 2 amide bonds. The van der Waals surface area contributed by atoms with E-state index in [1.54, 1.807) is 11.8 Å². The van der Waals surface area contributed by atoms with Crippen LogP contribution >= 0.6 is 11.8 Å². The molecule has 1 atom stereocenters. The molecule has 2 aromatic carbocycles. The smallest absolute Gasteiger partial charge is 0.251 e. The van der Waals surface area contributed by atoms with Crippen molar-refractivity contribution in [1.29, 1.82) is 0 Å². The van der Waals surface area contributed by atoms with Gasteiger partial charge in [0.2, 0.25) is 5.91 Å². The predicted octanol–water partition coefficient (Wildman–Crippen LogP) is 4.07. The van der Waals surface area contributed by atoms with E-state index in [2.05, 4.69) is 41.4 Å². The Morgan fingerprint density at radius 3 is 2.47 bits per heavy atom. The molecule has 32 heavy (non-hydrogen) atoms. The Morgan fingerprint density at radius 2 is 1.81 bits per heavy atom. The summed E-state index contributed by atoms with van der Waals surface area (Å²) in [5, 5.41) is 5.86. The van der Waals surface area contributed by atoms with Crippen molar-refractivity contribution in [3.05, 3.63) is 65.5 Å². The number of aromatic nitrogens is 2. The minimum Gasteiger partial charge on any atom is -0.354 e. The molecule has 6 nitrogen and oxygen atoms in total. The molecule has 0 aliphatic rings. The zero-order valence-corrected chi connectivity index (χ0v) is 20.0. The average molecular weight is 453 g/mol. The number of carbonyl (C=O) groups excluding carboxylic acids is 2. The van der Waals surface area contributed by atoms with Gasteiger partial charge in [-0.25, -0.2) is 4.98 Å². The first kappa shape index (κ1) is 23.9. The summed E-state index contributed by atoms with van der Waals surface area (Å²) in [5.41, 5.74) is 3.64. The number of hydrogen-bond donors (Lipinski definition) is 3. The lowest BCUT2D eigenvalue weighted by atomic mass is 9.86. The van der Waals surface area contributed by atoms with Crippen LogP contribution < -0.4 is 10.6 Å². The van der Waals surface area contributed by atoms with Gasteiger partial charge in [-0.15, -0.1) is 0 Å². The number of nitrogens with one attached hydrogen (secondary N) is 3. The number of benzene rings is 2. The molecule has 0 spiro atoms. The minimum absolute atomic E-state index is 0.0234. The van der Waals surface area contributed by atoms with E-state index in [1.807, 2.05) is 54.8 Å². The molecule has 7 heteroatoms. The van der Waals surface area contributed by atoms with Crippen molar-refractivity contribution >= 4 is 34.6 Å². The maximum Gasteiger partial charge on any atom is 0.251 e. The minimum atomic E-state index is -0.576. The van der Waals surface area contributed by atoms with Gasteiger partial charge in [0.1, 0.15) is 11.9 Å². The molecule has 0 fully saturated rings. The van der Waals surface area contributed by atoms with Gasteiger partial charge in [0, 0.05) is 18.5 Å². The number of hydrogen-bond acceptors (Lipinski definition) is 4. The maximum atomic E-state index is 12.8. The number of amides is 2. The predicted molar refractivity (Wildman–Crippen MR) is 132 cm³/mol. The molecule has 0 saturated heterocycles. The highest BCUT2D eigenvalue weighted by Crippen LogP contribution is 2.22. The van der Waals surface area contributed by atoms with Crippen LogP contribution in [0.3, 0.4) is 0 Å². The highest BCUT2D eigenvalue weighted by molar-refractivity contribution is 7.98. The highest BCUT2D eigenvalue weighted by Gasteiger charge is 2.21. The van der Waals surface area contributed by atoms with E-state index in [0.717, 1.165) is 28.2 Å². The van der Waals surface area contributed by atoms with Gasteiger partial charge in [0.05, 0.1) is 11.0 Å². The van der Waals surface area contributed by atoms with Crippen molar-refractivity contribution in [2.75, 3.05) is 18.6 Å². The number of thioether (sulfide) groups is 1. The average Bonchev–Trinajstić information content (AvgIpc) is 3.18. The van der Waals surface area contributed by atoms with E-state index in [4.69, 9.17) is 0 Å². The Labute approximate surface area is 194 Å². The normalized spacial score (nSPS) is 12.5. The fourth-order valence-corrected chi connectivity index (χ4v) is 3.89. The number of rotatable bonds is 9. The van der Waals surface area contributed by atoms with E-state index >= 15 is 0 Å². The second-order valence-corrected chi connectivity index (χ2v) is 9.86. The molecular weight excluding hydrogens is 420 g/mol. The summed E-state index contributed by atoms with van der Waals surface area (Å²) in [7, 11) is 0. The topological polar surface area (TPSA) is 86.9 Å². The lowest BCUT2D eigenvalue weighted by Gasteiger charge is -2.20. The molecule has 170 valence electrons. The van der Waals surface area contributed by atoms with Gasteiger partial charge in [-0.05, 0) is 53.7 Å². The lowest BCUT2D eigenvalue weighted by Crippen LogP contribution is -2.47.